The zero-order chi connectivity index (χ0) is 13.5. The predicted octanol–water partition coefficient (Wildman–Crippen LogP) is 5.22. The average Bonchev–Trinajstić information content (AvgIpc) is 2.46. The fourth-order valence-corrected chi connectivity index (χ4v) is 2.40. The van der Waals surface area contributed by atoms with E-state index in [2.05, 4.69) is 65.3 Å². The number of alkyl halides is 1. The minimum Gasteiger partial charge on any atom is -0.493 e. The van der Waals surface area contributed by atoms with E-state index in [9.17, 15) is 0 Å². The van der Waals surface area contributed by atoms with E-state index < -0.39 is 0 Å². The van der Waals surface area contributed by atoms with Crippen molar-refractivity contribution < 1.29 is 4.74 Å². The van der Waals surface area contributed by atoms with Crippen molar-refractivity contribution >= 4 is 15.9 Å². The first-order valence-electron chi connectivity index (χ1n) is 6.66. The molecule has 0 spiro atoms. The molecule has 0 unspecified atom stereocenters. The largest absolute Gasteiger partial charge is 0.493 e. The lowest BCUT2D eigenvalue weighted by Gasteiger charge is -2.10. The second-order valence-corrected chi connectivity index (χ2v) is 5.38. The number of hydrogen-bond donors (Lipinski definition) is 0. The number of halogens is 1. The summed E-state index contributed by atoms with van der Waals surface area (Å²) in [6.45, 7) is 2.89. The summed E-state index contributed by atoms with van der Waals surface area (Å²) in [4.78, 5) is 0. The Morgan fingerprint density at radius 3 is 2.42 bits per heavy atom. The van der Waals surface area contributed by atoms with Crippen molar-refractivity contribution in [2.45, 2.75) is 19.8 Å². The fourth-order valence-electron chi connectivity index (χ4n) is 2.00. The molecule has 2 aromatic carbocycles. The van der Waals surface area contributed by atoms with Gasteiger partial charge in [0.25, 0.3) is 0 Å². The molecule has 0 aliphatic heterocycles. The lowest BCUT2D eigenvalue weighted by Crippen LogP contribution is -1.99. The van der Waals surface area contributed by atoms with Gasteiger partial charge in [-0.15, -0.1) is 0 Å². The third-order valence-electron chi connectivity index (χ3n) is 3.07. The Balaban J connectivity index is 2.05. The predicted molar refractivity (Wildman–Crippen MR) is 85.1 cm³/mol. The Labute approximate surface area is 123 Å². The van der Waals surface area contributed by atoms with E-state index in [4.69, 9.17) is 4.74 Å². The first-order valence-corrected chi connectivity index (χ1v) is 7.78. The van der Waals surface area contributed by atoms with Crippen LogP contribution in [0.5, 0.6) is 5.75 Å². The van der Waals surface area contributed by atoms with Crippen molar-refractivity contribution in [3.05, 3.63) is 54.1 Å². The topological polar surface area (TPSA) is 9.23 Å². The van der Waals surface area contributed by atoms with Gasteiger partial charge in [0.15, 0.2) is 0 Å². The highest BCUT2D eigenvalue weighted by Crippen LogP contribution is 2.26. The highest BCUT2D eigenvalue weighted by Gasteiger charge is 2.02. The number of ether oxygens (including phenoxy) is 1. The van der Waals surface area contributed by atoms with Gasteiger partial charge in [-0.1, -0.05) is 52.3 Å². The van der Waals surface area contributed by atoms with Gasteiger partial charge in [0, 0.05) is 5.33 Å². The van der Waals surface area contributed by atoms with Gasteiger partial charge in [-0.2, -0.15) is 0 Å². The van der Waals surface area contributed by atoms with Crippen LogP contribution in [0.2, 0.25) is 0 Å². The zero-order valence-corrected chi connectivity index (χ0v) is 12.8. The molecule has 0 fully saturated rings. The molecule has 0 saturated heterocycles. The van der Waals surface area contributed by atoms with Crippen LogP contribution in [0, 0.1) is 6.92 Å². The van der Waals surface area contributed by atoms with Gasteiger partial charge in [-0.3, -0.25) is 0 Å². The molecule has 0 N–H and O–H groups in total. The maximum absolute atomic E-state index is 5.81. The fraction of sp³-hybridized carbons (Fsp3) is 0.294. The van der Waals surface area contributed by atoms with Crippen molar-refractivity contribution in [3.8, 4) is 16.9 Å². The van der Waals surface area contributed by atoms with Gasteiger partial charge in [0.05, 0.1) is 6.61 Å². The van der Waals surface area contributed by atoms with Crippen LogP contribution in [0.25, 0.3) is 11.1 Å². The molecule has 2 heteroatoms. The molecule has 0 amide bonds. The minimum atomic E-state index is 0.789. The minimum absolute atomic E-state index is 0.789. The highest BCUT2D eigenvalue weighted by molar-refractivity contribution is 9.09. The first-order chi connectivity index (χ1) is 9.31. The molecule has 100 valence electrons. The van der Waals surface area contributed by atoms with E-state index in [-0.39, 0.29) is 0 Å². The Hall–Kier alpha value is -1.28. The molecule has 0 aliphatic rings. The Kier molecular flexibility index (Phi) is 5.46. The molecule has 2 aromatic rings. The van der Waals surface area contributed by atoms with Gasteiger partial charge in [0.2, 0.25) is 0 Å². The Morgan fingerprint density at radius 1 is 0.947 bits per heavy atom. The molecule has 0 bridgehead atoms. The van der Waals surface area contributed by atoms with Crippen LogP contribution in [0.3, 0.4) is 0 Å². The quantitative estimate of drug-likeness (QED) is 0.524. The van der Waals surface area contributed by atoms with Crippen LogP contribution < -0.4 is 4.74 Å². The third kappa shape index (κ3) is 4.10. The van der Waals surface area contributed by atoms with E-state index in [0.29, 0.717) is 0 Å². The molecule has 0 aromatic heterocycles. The van der Waals surface area contributed by atoms with Crippen molar-refractivity contribution in [1.82, 2.24) is 0 Å². The van der Waals surface area contributed by atoms with Crippen LogP contribution in [0.4, 0.5) is 0 Å². The molecule has 0 aliphatic carbocycles. The van der Waals surface area contributed by atoms with Crippen LogP contribution in [-0.2, 0) is 0 Å². The van der Waals surface area contributed by atoms with Gasteiger partial charge >= 0.3 is 0 Å². The summed E-state index contributed by atoms with van der Waals surface area (Å²) in [5, 5.41) is 1.04. The second-order valence-electron chi connectivity index (χ2n) is 4.59. The van der Waals surface area contributed by atoms with Gasteiger partial charge in [0.1, 0.15) is 5.75 Å². The van der Waals surface area contributed by atoms with Crippen LogP contribution in [-0.4, -0.2) is 11.9 Å². The van der Waals surface area contributed by atoms with Crippen molar-refractivity contribution in [2.75, 3.05) is 11.9 Å². The standard InChI is InChI=1S/C17H19BrO/c1-14-13-16(15-7-3-2-4-8-15)9-10-17(14)19-12-6-5-11-18/h2-4,7-10,13H,5-6,11-12H2,1H3. The summed E-state index contributed by atoms with van der Waals surface area (Å²) in [5.41, 5.74) is 3.68. The zero-order valence-electron chi connectivity index (χ0n) is 11.2. The van der Waals surface area contributed by atoms with Crippen molar-refractivity contribution in [2.24, 2.45) is 0 Å². The van der Waals surface area contributed by atoms with Crippen molar-refractivity contribution in [1.29, 1.82) is 0 Å². The summed E-state index contributed by atoms with van der Waals surface area (Å²) < 4.78 is 5.81. The van der Waals surface area contributed by atoms with Crippen molar-refractivity contribution in [3.63, 3.8) is 0 Å². The summed E-state index contributed by atoms with van der Waals surface area (Å²) in [6.07, 6.45) is 2.24. The van der Waals surface area contributed by atoms with Crippen LogP contribution in [0.15, 0.2) is 48.5 Å². The van der Waals surface area contributed by atoms with E-state index >= 15 is 0 Å². The molecule has 2 rings (SSSR count). The smallest absolute Gasteiger partial charge is 0.122 e. The van der Waals surface area contributed by atoms with E-state index in [1.54, 1.807) is 0 Å². The molecule has 0 radical (unpaired) electrons. The maximum atomic E-state index is 5.81. The number of hydrogen-bond acceptors (Lipinski definition) is 1. The normalized spacial score (nSPS) is 10.4. The molecule has 1 nitrogen and oxygen atoms in total. The second kappa shape index (κ2) is 7.34. The molecule has 0 saturated carbocycles. The van der Waals surface area contributed by atoms with E-state index in [1.807, 2.05) is 6.07 Å². The molecule has 0 heterocycles. The number of aryl methyl sites for hydroxylation is 1. The van der Waals surface area contributed by atoms with E-state index in [1.165, 1.54) is 16.7 Å². The van der Waals surface area contributed by atoms with Gasteiger partial charge in [-0.05, 0) is 48.6 Å². The van der Waals surface area contributed by atoms with Crippen LogP contribution >= 0.6 is 15.9 Å². The highest BCUT2D eigenvalue weighted by atomic mass is 79.9. The van der Waals surface area contributed by atoms with Gasteiger partial charge < -0.3 is 4.74 Å². The first kappa shape index (κ1) is 14.1. The van der Waals surface area contributed by atoms with Crippen LogP contribution in [0.1, 0.15) is 18.4 Å². The Morgan fingerprint density at radius 2 is 1.74 bits per heavy atom. The average molecular weight is 319 g/mol. The number of benzene rings is 2. The molecule has 0 atom stereocenters. The number of unbranched alkanes of at least 4 members (excludes halogenated alkanes) is 1. The summed E-state index contributed by atoms with van der Waals surface area (Å²) in [5.74, 6) is 0.995. The third-order valence-corrected chi connectivity index (χ3v) is 3.63. The monoisotopic (exact) mass is 318 g/mol. The lowest BCUT2D eigenvalue weighted by molar-refractivity contribution is 0.308. The number of rotatable bonds is 6. The van der Waals surface area contributed by atoms with Gasteiger partial charge in [-0.25, -0.2) is 0 Å². The SMILES string of the molecule is Cc1cc(-c2ccccc2)ccc1OCCCCBr. The van der Waals surface area contributed by atoms with E-state index in [0.717, 1.165) is 30.5 Å². The summed E-state index contributed by atoms with van der Waals surface area (Å²) >= 11 is 3.43. The molecular weight excluding hydrogens is 300 g/mol. The molecular formula is C17H19BrO. The summed E-state index contributed by atoms with van der Waals surface area (Å²) in [7, 11) is 0. The maximum Gasteiger partial charge on any atom is 0.122 e. The Bertz CT molecular complexity index is 508. The molecule has 19 heavy (non-hydrogen) atoms. The summed E-state index contributed by atoms with van der Waals surface area (Å²) in [6, 6.07) is 16.8. The lowest BCUT2D eigenvalue weighted by atomic mass is 10.0.